The predicted molar refractivity (Wildman–Crippen MR) is 194 cm³/mol. The smallest absolute Gasteiger partial charge is 0.219 e. The van der Waals surface area contributed by atoms with Gasteiger partial charge in [0, 0.05) is 25.7 Å². The van der Waals surface area contributed by atoms with Gasteiger partial charge in [0.15, 0.2) is 0 Å². The van der Waals surface area contributed by atoms with Crippen LogP contribution in [0.25, 0.3) is 0 Å². The zero-order valence-electron chi connectivity index (χ0n) is 26.4. The molecule has 4 rings (SSSR count). The van der Waals surface area contributed by atoms with Gasteiger partial charge in [0.2, 0.25) is 7.59 Å². The molecule has 0 aliphatic rings. The fraction of sp³-hybridized carbons (Fsp3) is 0.333. The summed E-state index contributed by atoms with van der Waals surface area (Å²) < 4.78 is 24.8. The fourth-order valence-corrected chi connectivity index (χ4v) is 6.49. The third-order valence-electron chi connectivity index (χ3n) is 8.02. The minimum Gasteiger partial charge on any atom is -0.497 e. The van der Waals surface area contributed by atoms with Crippen LogP contribution in [0, 0.1) is 0 Å². The molecule has 0 fully saturated rings. The van der Waals surface area contributed by atoms with Crippen LogP contribution in [-0.2, 0) is 30.4 Å². The van der Waals surface area contributed by atoms with E-state index in [2.05, 4.69) is 0 Å². The average molecular weight is 761 g/mol. The van der Waals surface area contributed by atoms with Crippen molar-refractivity contribution in [2.75, 3.05) is 28.4 Å². The summed E-state index contributed by atoms with van der Waals surface area (Å²) in [5.74, 6) is 2.72. The topological polar surface area (TPSA) is 46.2 Å². The molecule has 252 valence electrons. The Hall–Kier alpha value is -2.22. The Morgan fingerprint density at radius 2 is 0.553 bits per heavy atom. The molecule has 11 heteroatoms. The predicted octanol–water partition coefficient (Wildman–Crippen LogP) is 10.2. The van der Waals surface area contributed by atoms with Crippen LogP contribution in [0.4, 0.5) is 0 Å². The standard InChI is InChI=1S/C36H36Cl6O5/c1-43-29-13-5-25(6-14-29)21-33(35(37,38)39,22-26-7-15-30(44-2)16-8-26)47-34(36(40,41)42,23-27-9-17-31(45-3)18-10-27)24-28-11-19-32(46-4)20-12-28/h5-20H,21-24H2,1-4H3. The number of methoxy groups -OCH3 is 4. The van der Waals surface area contributed by atoms with Crippen LogP contribution in [0.3, 0.4) is 0 Å². The highest BCUT2D eigenvalue weighted by Crippen LogP contribution is 2.53. The first kappa shape index (κ1) is 37.6. The van der Waals surface area contributed by atoms with E-state index < -0.39 is 18.8 Å². The quantitative estimate of drug-likeness (QED) is 0.120. The number of rotatable bonds is 14. The van der Waals surface area contributed by atoms with Gasteiger partial charge in [-0.25, -0.2) is 0 Å². The first-order valence-corrected chi connectivity index (χ1v) is 16.9. The van der Waals surface area contributed by atoms with E-state index in [1.54, 1.807) is 28.4 Å². The van der Waals surface area contributed by atoms with Crippen molar-refractivity contribution in [2.24, 2.45) is 0 Å². The normalized spacial score (nSPS) is 12.5. The van der Waals surface area contributed by atoms with Gasteiger partial charge in [-0.05, 0) is 70.8 Å². The number of ether oxygens (including phenoxy) is 5. The van der Waals surface area contributed by atoms with Crippen LogP contribution < -0.4 is 18.9 Å². The molecule has 0 aliphatic carbocycles. The monoisotopic (exact) mass is 758 g/mol. The van der Waals surface area contributed by atoms with Gasteiger partial charge in [0.25, 0.3) is 0 Å². The molecule has 0 saturated heterocycles. The largest absolute Gasteiger partial charge is 0.497 e. The second kappa shape index (κ2) is 16.0. The maximum absolute atomic E-state index is 7.28. The van der Waals surface area contributed by atoms with E-state index in [-0.39, 0.29) is 25.7 Å². The van der Waals surface area contributed by atoms with Crippen LogP contribution in [0.5, 0.6) is 23.0 Å². The van der Waals surface area contributed by atoms with Crippen molar-refractivity contribution in [1.82, 2.24) is 0 Å². The van der Waals surface area contributed by atoms with Crippen molar-refractivity contribution in [1.29, 1.82) is 0 Å². The molecule has 0 spiro atoms. The van der Waals surface area contributed by atoms with E-state index in [0.29, 0.717) is 23.0 Å². The van der Waals surface area contributed by atoms with Gasteiger partial charge in [-0.1, -0.05) is 118 Å². The van der Waals surface area contributed by atoms with Gasteiger partial charge >= 0.3 is 0 Å². The van der Waals surface area contributed by atoms with Gasteiger partial charge in [-0.2, -0.15) is 0 Å². The summed E-state index contributed by atoms with van der Waals surface area (Å²) in [6, 6.07) is 29.8. The lowest BCUT2D eigenvalue weighted by atomic mass is 9.84. The Morgan fingerprint density at radius 3 is 0.702 bits per heavy atom. The molecule has 4 aromatic rings. The number of halogens is 6. The van der Waals surface area contributed by atoms with E-state index in [1.165, 1.54) is 0 Å². The lowest BCUT2D eigenvalue weighted by Crippen LogP contribution is -2.61. The minimum absolute atomic E-state index is 0.146. The van der Waals surface area contributed by atoms with E-state index in [9.17, 15) is 0 Å². The van der Waals surface area contributed by atoms with Crippen LogP contribution in [-0.4, -0.2) is 47.2 Å². The first-order valence-electron chi connectivity index (χ1n) is 14.6. The Morgan fingerprint density at radius 1 is 0.362 bits per heavy atom. The van der Waals surface area contributed by atoms with Gasteiger partial charge in [0.05, 0.1) is 28.4 Å². The number of hydrogen-bond acceptors (Lipinski definition) is 5. The summed E-state index contributed by atoms with van der Waals surface area (Å²) in [6.07, 6.45) is 0.584. The molecule has 0 N–H and O–H groups in total. The summed E-state index contributed by atoms with van der Waals surface area (Å²) in [6.45, 7) is 0. The van der Waals surface area contributed by atoms with Crippen molar-refractivity contribution in [2.45, 2.75) is 44.5 Å². The van der Waals surface area contributed by atoms with Crippen LogP contribution >= 0.6 is 69.6 Å². The van der Waals surface area contributed by atoms with Crippen LogP contribution in [0.15, 0.2) is 97.1 Å². The van der Waals surface area contributed by atoms with E-state index in [0.717, 1.165) is 22.3 Å². The van der Waals surface area contributed by atoms with Gasteiger partial charge in [0.1, 0.15) is 34.2 Å². The molecule has 0 bridgehead atoms. The minimum atomic E-state index is -2.02. The molecule has 4 aromatic carbocycles. The van der Waals surface area contributed by atoms with Gasteiger partial charge in [-0.3, -0.25) is 0 Å². The average Bonchev–Trinajstić information content (AvgIpc) is 3.05. The summed E-state index contributed by atoms with van der Waals surface area (Å²) in [5, 5.41) is 0. The van der Waals surface area contributed by atoms with Crippen LogP contribution in [0.2, 0.25) is 0 Å². The molecule has 0 radical (unpaired) electrons. The second-order valence-corrected chi connectivity index (χ2v) is 15.7. The molecule has 0 unspecified atom stereocenters. The molecule has 47 heavy (non-hydrogen) atoms. The highest BCUT2D eigenvalue weighted by atomic mass is 35.6. The first-order chi connectivity index (χ1) is 22.2. The van der Waals surface area contributed by atoms with E-state index >= 15 is 0 Å². The van der Waals surface area contributed by atoms with Gasteiger partial charge < -0.3 is 23.7 Å². The summed E-state index contributed by atoms with van der Waals surface area (Å²) in [5.41, 5.74) is 0.138. The molecule has 0 atom stereocenters. The molecule has 0 heterocycles. The lowest BCUT2D eigenvalue weighted by Gasteiger charge is -2.50. The van der Waals surface area contributed by atoms with Crippen molar-refractivity contribution in [3.05, 3.63) is 119 Å². The highest BCUT2D eigenvalue weighted by molar-refractivity contribution is 6.69. The fourth-order valence-electron chi connectivity index (χ4n) is 5.45. The zero-order chi connectivity index (χ0) is 34.3. The van der Waals surface area contributed by atoms with E-state index in [4.69, 9.17) is 93.3 Å². The van der Waals surface area contributed by atoms with Gasteiger partial charge in [-0.15, -0.1) is 0 Å². The summed E-state index contributed by atoms with van der Waals surface area (Å²) in [7, 11) is 6.39. The SMILES string of the molecule is COc1ccc(CC(Cc2ccc(OC)cc2)(OC(Cc2ccc(OC)cc2)(Cc2ccc(OC)cc2)C(Cl)(Cl)Cl)C(Cl)(Cl)Cl)cc1. The summed E-state index contributed by atoms with van der Waals surface area (Å²) in [4.78, 5) is 0. The van der Waals surface area contributed by atoms with Crippen molar-refractivity contribution in [3.8, 4) is 23.0 Å². The van der Waals surface area contributed by atoms with Crippen molar-refractivity contribution >= 4 is 69.6 Å². The lowest BCUT2D eigenvalue weighted by molar-refractivity contribution is -0.154. The zero-order valence-corrected chi connectivity index (χ0v) is 30.9. The second-order valence-electron chi connectivity index (χ2n) is 11.2. The van der Waals surface area contributed by atoms with Crippen molar-refractivity contribution in [3.63, 3.8) is 0 Å². The Bertz CT molecular complexity index is 1330. The Balaban J connectivity index is 1.94. The third-order valence-corrected chi connectivity index (χ3v) is 10.1. The Kier molecular flexibility index (Phi) is 12.8. The maximum atomic E-state index is 7.28. The highest BCUT2D eigenvalue weighted by Gasteiger charge is 2.59. The molecular formula is C36H36Cl6O5. The molecule has 0 saturated carbocycles. The molecule has 0 amide bonds. The molecule has 0 aliphatic heterocycles. The number of benzene rings is 4. The molecular weight excluding hydrogens is 725 g/mol. The van der Waals surface area contributed by atoms with Crippen molar-refractivity contribution < 1.29 is 23.7 Å². The molecule has 5 nitrogen and oxygen atoms in total. The van der Waals surface area contributed by atoms with E-state index in [1.807, 2.05) is 97.1 Å². The number of alkyl halides is 6. The maximum Gasteiger partial charge on any atom is 0.219 e. The summed E-state index contributed by atoms with van der Waals surface area (Å²) >= 11 is 42.0. The number of hydrogen-bond donors (Lipinski definition) is 0. The molecule has 0 aromatic heterocycles. The Labute approximate surface area is 306 Å². The van der Waals surface area contributed by atoms with Crippen LogP contribution in [0.1, 0.15) is 22.3 Å². The third kappa shape index (κ3) is 9.48.